The quantitative estimate of drug-likeness (QED) is 0.839. The molecular weight excluding hydrogens is 345 g/mol. The van der Waals surface area contributed by atoms with Crippen LogP contribution in [0.4, 0.5) is 0 Å². The number of amides is 1. The van der Waals surface area contributed by atoms with Crippen molar-refractivity contribution in [3.63, 3.8) is 0 Å². The molecule has 2 aromatic carbocycles. The molecule has 22 heavy (non-hydrogen) atoms. The Morgan fingerprint density at radius 3 is 2.55 bits per heavy atom. The van der Waals surface area contributed by atoms with Crippen LogP contribution in [-0.2, 0) is 11.3 Å². The van der Waals surface area contributed by atoms with E-state index in [1.807, 2.05) is 0 Å². The third-order valence-electron chi connectivity index (χ3n) is 2.95. The largest absolute Gasteiger partial charge is 0.481 e. The van der Waals surface area contributed by atoms with E-state index in [0.29, 0.717) is 27.4 Å². The second kappa shape index (κ2) is 7.73. The molecule has 0 unspecified atom stereocenters. The molecule has 0 saturated heterocycles. The van der Waals surface area contributed by atoms with Gasteiger partial charge in [0.25, 0.3) is 5.91 Å². The second-order valence-electron chi connectivity index (χ2n) is 4.67. The highest BCUT2D eigenvalue weighted by atomic mass is 35.5. The van der Waals surface area contributed by atoms with Gasteiger partial charge in [0.05, 0.1) is 0 Å². The van der Waals surface area contributed by atoms with Crippen LogP contribution in [0.1, 0.15) is 12.5 Å². The van der Waals surface area contributed by atoms with Gasteiger partial charge in [-0.05, 0) is 42.8 Å². The Balaban J connectivity index is 1.91. The molecule has 0 radical (unpaired) electrons. The Kier molecular flexibility index (Phi) is 5.95. The molecule has 0 fully saturated rings. The lowest BCUT2D eigenvalue weighted by Crippen LogP contribution is -2.35. The fourth-order valence-corrected chi connectivity index (χ4v) is 2.44. The number of rotatable bonds is 5. The summed E-state index contributed by atoms with van der Waals surface area (Å²) < 4.78 is 5.54. The molecular formula is C16H14Cl3NO2. The van der Waals surface area contributed by atoms with E-state index in [-0.39, 0.29) is 5.91 Å². The van der Waals surface area contributed by atoms with Gasteiger partial charge in [-0.1, -0.05) is 46.9 Å². The predicted molar refractivity (Wildman–Crippen MR) is 89.9 cm³/mol. The van der Waals surface area contributed by atoms with Gasteiger partial charge >= 0.3 is 0 Å². The van der Waals surface area contributed by atoms with Crippen molar-refractivity contribution in [1.82, 2.24) is 5.32 Å². The van der Waals surface area contributed by atoms with Gasteiger partial charge in [0, 0.05) is 21.6 Å². The van der Waals surface area contributed by atoms with Crippen LogP contribution in [0.2, 0.25) is 15.1 Å². The Morgan fingerprint density at radius 1 is 1.14 bits per heavy atom. The smallest absolute Gasteiger partial charge is 0.261 e. The van der Waals surface area contributed by atoms with Gasteiger partial charge < -0.3 is 10.1 Å². The molecule has 2 rings (SSSR count). The normalized spacial score (nSPS) is 11.8. The molecule has 1 amide bonds. The second-order valence-corrected chi connectivity index (χ2v) is 5.95. The van der Waals surface area contributed by atoms with Crippen LogP contribution in [0.5, 0.6) is 5.75 Å². The lowest BCUT2D eigenvalue weighted by Gasteiger charge is -2.15. The van der Waals surface area contributed by atoms with Crippen LogP contribution < -0.4 is 10.1 Å². The van der Waals surface area contributed by atoms with Crippen molar-refractivity contribution in [3.8, 4) is 5.75 Å². The summed E-state index contributed by atoms with van der Waals surface area (Å²) in [4.78, 5) is 12.0. The molecule has 1 N–H and O–H groups in total. The summed E-state index contributed by atoms with van der Waals surface area (Å²) >= 11 is 17.8. The Bertz CT molecular complexity index is 676. The maximum absolute atomic E-state index is 12.0. The van der Waals surface area contributed by atoms with Crippen molar-refractivity contribution >= 4 is 40.7 Å². The summed E-state index contributed by atoms with van der Waals surface area (Å²) in [6, 6.07) is 12.0. The molecule has 0 aromatic heterocycles. The molecule has 0 saturated carbocycles. The van der Waals surface area contributed by atoms with Crippen molar-refractivity contribution < 1.29 is 9.53 Å². The van der Waals surface area contributed by atoms with Crippen molar-refractivity contribution in [3.05, 3.63) is 63.1 Å². The zero-order valence-corrected chi connectivity index (χ0v) is 14.0. The number of carbonyl (C=O) groups excluding carboxylic acids is 1. The van der Waals surface area contributed by atoms with E-state index in [0.717, 1.165) is 5.56 Å². The maximum Gasteiger partial charge on any atom is 0.261 e. The highest BCUT2D eigenvalue weighted by Crippen LogP contribution is 2.21. The van der Waals surface area contributed by atoms with E-state index in [4.69, 9.17) is 39.5 Å². The highest BCUT2D eigenvalue weighted by Gasteiger charge is 2.15. The highest BCUT2D eigenvalue weighted by molar-refractivity contribution is 6.35. The lowest BCUT2D eigenvalue weighted by atomic mass is 10.2. The minimum Gasteiger partial charge on any atom is -0.481 e. The molecule has 3 nitrogen and oxygen atoms in total. The summed E-state index contributed by atoms with van der Waals surface area (Å²) in [5.41, 5.74) is 0.786. The van der Waals surface area contributed by atoms with Crippen LogP contribution in [0.25, 0.3) is 0 Å². The predicted octanol–water partition coefficient (Wildman–Crippen LogP) is 4.73. The first-order valence-electron chi connectivity index (χ1n) is 6.59. The Hall–Kier alpha value is -1.42. The topological polar surface area (TPSA) is 38.3 Å². The monoisotopic (exact) mass is 357 g/mol. The fourth-order valence-electron chi connectivity index (χ4n) is 1.79. The molecule has 2 aromatic rings. The van der Waals surface area contributed by atoms with E-state index in [9.17, 15) is 4.79 Å². The number of benzene rings is 2. The summed E-state index contributed by atoms with van der Waals surface area (Å²) in [6.07, 6.45) is -0.649. The lowest BCUT2D eigenvalue weighted by molar-refractivity contribution is -0.127. The van der Waals surface area contributed by atoms with Crippen LogP contribution in [0, 0.1) is 0 Å². The number of nitrogens with one attached hydrogen (secondary N) is 1. The number of halogens is 3. The number of hydrogen-bond donors (Lipinski definition) is 1. The Labute approximate surface area is 144 Å². The van der Waals surface area contributed by atoms with Gasteiger partial charge in [-0.2, -0.15) is 0 Å². The molecule has 0 aliphatic rings. The third-order valence-corrected chi connectivity index (χ3v) is 3.77. The SMILES string of the molecule is C[C@@H](Oc1cccc(Cl)c1)C(=O)NCc1ccc(Cl)cc1Cl. The average molecular weight is 359 g/mol. The van der Waals surface area contributed by atoms with Gasteiger partial charge in [-0.25, -0.2) is 0 Å². The molecule has 0 aliphatic heterocycles. The van der Waals surface area contributed by atoms with Gasteiger partial charge in [0.1, 0.15) is 5.75 Å². The van der Waals surface area contributed by atoms with Crippen LogP contribution in [-0.4, -0.2) is 12.0 Å². The van der Waals surface area contributed by atoms with Crippen molar-refractivity contribution in [1.29, 1.82) is 0 Å². The molecule has 0 bridgehead atoms. The zero-order chi connectivity index (χ0) is 16.1. The first kappa shape index (κ1) is 16.9. The first-order valence-corrected chi connectivity index (χ1v) is 7.73. The van der Waals surface area contributed by atoms with E-state index < -0.39 is 6.10 Å². The van der Waals surface area contributed by atoms with E-state index >= 15 is 0 Å². The van der Waals surface area contributed by atoms with Crippen molar-refractivity contribution in [2.75, 3.05) is 0 Å². The molecule has 0 heterocycles. The van der Waals surface area contributed by atoms with E-state index in [1.54, 1.807) is 49.4 Å². The minimum atomic E-state index is -0.649. The molecule has 6 heteroatoms. The minimum absolute atomic E-state index is 0.244. The average Bonchev–Trinajstić information content (AvgIpc) is 2.46. The standard InChI is InChI=1S/C16H14Cl3NO2/c1-10(22-14-4-2-3-12(17)7-14)16(21)20-9-11-5-6-13(18)8-15(11)19/h2-8,10H,9H2,1H3,(H,20,21)/t10-/m1/s1. The fraction of sp³-hybridized carbons (Fsp3) is 0.188. The zero-order valence-electron chi connectivity index (χ0n) is 11.8. The summed E-state index contributed by atoms with van der Waals surface area (Å²) in [5, 5.41) is 4.39. The molecule has 0 aliphatic carbocycles. The number of ether oxygens (including phenoxy) is 1. The summed E-state index contributed by atoms with van der Waals surface area (Å²) in [6.45, 7) is 1.97. The summed E-state index contributed by atoms with van der Waals surface area (Å²) in [5.74, 6) is 0.297. The van der Waals surface area contributed by atoms with Crippen molar-refractivity contribution in [2.24, 2.45) is 0 Å². The number of hydrogen-bond acceptors (Lipinski definition) is 2. The van der Waals surface area contributed by atoms with Gasteiger partial charge in [0.15, 0.2) is 6.10 Å². The van der Waals surface area contributed by atoms with E-state index in [1.165, 1.54) is 0 Å². The summed E-state index contributed by atoms with van der Waals surface area (Å²) in [7, 11) is 0. The third kappa shape index (κ3) is 4.80. The van der Waals surface area contributed by atoms with Crippen LogP contribution in [0.15, 0.2) is 42.5 Å². The van der Waals surface area contributed by atoms with Crippen LogP contribution >= 0.6 is 34.8 Å². The van der Waals surface area contributed by atoms with Gasteiger partial charge in [-0.15, -0.1) is 0 Å². The number of carbonyl (C=O) groups is 1. The Morgan fingerprint density at radius 2 is 1.86 bits per heavy atom. The molecule has 0 spiro atoms. The van der Waals surface area contributed by atoms with Crippen molar-refractivity contribution in [2.45, 2.75) is 19.6 Å². The molecule has 1 atom stereocenters. The first-order chi connectivity index (χ1) is 10.5. The van der Waals surface area contributed by atoms with Gasteiger partial charge in [0.2, 0.25) is 0 Å². The van der Waals surface area contributed by atoms with Gasteiger partial charge in [-0.3, -0.25) is 4.79 Å². The van der Waals surface area contributed by atoms with Crippen LogP contribution in [0.3, 0.4) is 0 Å². The van der Waals surface area contributed by atoms with E-state index in [2.05, 4.69) is 5.32 Å². The maximum atomic E-state index is 12.0. The molecule has 116 valence electrons.